The molecule has 0 saturated heterocycles. The molecule has 0 rings (SSSR count). The average molecular weight is 240 g/mol. The highest BCUT2D eigenvalue weighted by Gasteiger charge is 2.04. The zero-order valence-electron chi connectivity index (χ0n) is 12.9. The summed E-state index contributed by atoms with van der Waals surface area (Å²) in [4.78, 5) is 0. The van der Waals surface area contributed by atoms with Gasteiger partial charge >= 0.3 is 0 Å². The van der Waals surface area contributed by atoms with E-state index in [1.807, 2.05) is 0 Å². The van der Waals surface area contributed by atoms with Gasteiger partial charge in [0.15, 0.2) is 0 Å². The molecule has 0 nitrogen and oxygen atoms in total. The largest absolute Gasteiger partial charge is 0.0654 e. The van der Waals surface area contributed by atoms with Gasteiger partial charge in [0.1, 0.15) is 0 Å². The maximum Gasteiger partial charge on any atom is -0.0440 e. The van der Waals surface area contributed by atoms with E-state index in [0.717, 1.165) is 11.8 Å². The Labute approximate surface area is 111 Å². The predicted molar refractivity (Wildman–Crippen MR) is 80.5 cm³/mol. The van der Waals surface area contributed by atoms with Crippen molar-refractivity contribution >= 4 is 0 Å². The minimum atomic E-state index is 0.878. The van der Waals surface area contributed by atoms with E-state index in [2.05, 4.69) is 27.7 Å². The summed E-state index contributed by atoms with van der Waals surface area (Å²) < 4.78 is 0. The van der Waals surface area contributed by atoms with Crippen molar-refractivity contribution in [3.63, 3.8) is 0 Å². The van der Waals surface area contributed by atoms with Crippen LogP contribution in [0.25, 0.3) is 0 Å². The topological polar surface area (TPSA) is 0 Å². The van der Waals surface area contributed by atoms with Gasteiger partial charge in [-0.25, -0.2) is 0 Å². The summed E-state index contributed by atoms with van der Waals surface area (Å²) in [6.07, 6.45) is 16.0. The van der Waals surface area contributed by atoms with Gasteiger partial charge in [0, 0.05) is 0 Å². The summed E-state index contributed by atoms with van der Waals surface area (Å²) >= 11 is 0. The van der Waals surface area contributed by atoms with Crippen LogP contribution in [0.3, 0.4) is 0 Å². The molecule has 0 aromatic heterocycles. The molecule has 17 heavy (non-hydrogen) atoms. The van der Waals surface area contributed by atoms with E-state index in [4.69, 9.17) is 0 Å². The molecule has 1 unspecified atom stereocenters. The number of hydrogen-bond acceptors (Lipinski definition) is 0. The van der Waals surface area contributed by atoms with E-state index in [-0.39, 0.29) is 0 Å². The summed E-state index contributed by atoms with van der Waals surface area (Å²) in [7, 11) is 0. The van der Waals surface area contributed by atoms with Gasteiger partial charge in [0.25, 0.3) is 0 Å². The van der Waals surface area contributed by atoms with Crippen LogP contribution in [-0.2, 0) is 0 Å². The Morgan fingerprint density at radius 1 is 0.647 bits per heavy atom. The second-order valence-electron chi connectivity index (χ2n) is 6.35. The molecule has 0 aliphatic rings. The lowest BCUT2D eigenvalue weighted by molar-refractivity contribution is 0.397. The standard InChI is InChI=1S/C17H36/c1-5-6-7-8-9-10-11-12-13-14-17(4)15-16(2)3/h16-17H,5-15H2,1-4H3. The molecule has 0 aromatic rings. The van der Waals surface area contributed by atoms with Crippen LogP contribution in [0, 0.1) is 11.8 Å². The fraction of sp³-hybridized carbons (Fsp3) is 1.00. The van der Waals surface area contributed by atoms with Gasteiger partial charge in [-0.3, -0.25) is 0 Å². The van der Waals surface area contributed by atoms with E-state index in [1.54, 1.807) is 0 Å². The minimum absolute atomic E-state index is 0.878. The lowest BCUT2D eigenvalue weighted by Gasteiger charge is -2.13. The molecule has 104 valence electrons. The minimum Gasteiger partial charge on any atom is -0.0654 e. The van der Waals surface area contributed by atoms with Gasteiger partial charge in [-0.05, 0) is 18.3 Å². The molecule has 0 bridgehead atoms. The first-order valence-corrected chi connectivity index (χ1v) is 8.16. The maximum atomic E-state index is 2.42. The Morgan fingerprint density at radius 2 is 1.12 bits per heavy atom. The zero-order chi connectivity index (χ0) is 12.9. The van der Waals surface area contributed by atoms with E-state index in [9.17, 15) is 0 Å². The quantitative estimate of drug-likeness (QED) is 0.338. The molecule has 1 atom stereocenters. The summed E-state index contributed by atoms with van der Waals surface area (Å²) in [6.45, 7) is 9.39. The first-order valence-electron chi connectivity index (χ1n) is 8.16. The van der Waals surface area contributed by atoms with Crippen molar-refractivity contribution in [2.24, 2.45) is 11.8 Å². The third kappa shape index (κ3) is 13.9. The van der Waals surface area contributed by atoms with Crippen LogP contribution >= 0.6 is 0 Å². The lowest BCUT2D eigenvalue weighted by Crippen LogP contribution is -1.99. The van der Waals surface area contributed by atoms with Crippen molar-refractivity contribution in [2.45, 2.75) is 98.3 Å². The van der Waals surface area contributed by atoms with Gasteiger partial charge < -0.3 is 0 Å². The van der Waals surface area contributed by atoms with Crippen LogP contribution in [0.5, 0.6) is 0 Å². The van der Waals surface area contributed by atoms with Gasteiger partial charge in [0.2, 0.25) is 0 Å². The first kappa shape index (κ1) is 17.0. The third-order valence-electron chi connectivity index (χ3n) is 3.67. The molecule has 0 heteroatoms. The van der Waals surface area contributed by atoms with Crippen LogP contribution in [0.2, 0.25) is 0 Å². The second-order valence-corrected chi connectivity index (χ2v) is 6.35. The van der Waals surface area contributed by atoms with Crippen LogP contribution in [0.4, 0.5) is 0 Å². The highest BCUT2D eigenvalue weighted by Crippen LogP contribution is 2.18. The summed E-state index contributed by atoms with van der Waals surface area (Å²) in [5.74, 6) is 1.82. The normalized spacial score (nSPS) is 13.2. The van der Waals surface area contributed by atoms with E-state index in [0.29, 0.717) is 0 Å². The monoisotopic (exact) mass is 240 g/mol. The molecule has 0 heterocycles. The summed E-state index contributed by atoms with van der Waals surface area (Å²) in [5, 5.41) is 0. The highest BCUT2D eigenvalue weighted by molar-refractivity contribution is 4.57. The summed E-state index contributed by atoms with van der Waals surface area (Å²) in [5.41, 5.74) is 0. The molecule has 0 aromatic carbocycles. The highest BCUT2D eigenvalue weighted by atomic mass is 14.1. The van der Waals surface area contributed by atoms with Crippen LogP contribution in [0.15, 0.2) is 0 Å². The predicted octanol–water partition coefficient (Wildman–Crippen LogP) is 6.59. The molecule has 0 fully saturated rings. The van der Waals surface area contributed by atoms with Crippen molar-refractivity contribution in [2.75, 3.05) is 0 Å². The molecule has 0 radical (unpaired) electrons. The molecule has 0 saturated carbocycles. The van der Waals surface area contributed by atoms with Crippen molar-refractivity contribution in [1.82, 2.24) is 0 Å². The molecule has 0 amide bonds. The zero-order valence-corrected chi connectivity index (χ0v) is 12.9. The molecular formula is C17H36. The van der Waals surface area contributed by atoms with E-state index < -0.39 is 0 Å². The SMILES string of the molecule is CCCCCCCCCCCC(C)CC(C)C. The fourth-order valence-corrected chi connectivity index (χ4v) is 2.73. The van der Waals surface area contributed by atoms with Gasteiger partial charge in [-0.1, -0.05) is 91.9 Å². The van der Waals surface area contributed by atoms with Crippen molar-refractivity contribution < 1.29 is 0 Å². The molecule has 0 aliphatic heterocycles. The van der Waals surface area contributed by atoms with Gasteiger partial charge in [-0.15, -0.1) is 0 Å². The van der Waals surface area contributed by atoms with Crippen LogP contribution in [0.1, 0.15) is 98.3 Å². The molecule has 0 aliphatic carbocycles. The number of rotatable bonds is 12. The van der Waals surface area contributed by atoms with Crippen molar-refractivity contribution in [3.05, 3.63) is 0 Å². The van der Waals surface area contributed by atoms with Gasteiger partial charge in [-0.2, -0.15) is 0 Å². The summed E-state index contributed by atoms with van der Waals surface area (Å²) in [6, 6.07) is 0. The molecular weight excluding hydrogens is 204 g/mol. The van der Waals surface area contributed by atoms with Crippen LogP contribution in [-0.4, -0.2) is 0 Å². The second kappa shape index (κ2) is 12.5. The lowest BCUT2D eigenvalue weighted by atomic mass is 9.93. The maximum absolute atomic E-state index is 2.42. The molecule has 0 N–H and O–H groups in total. The number of unbranched alkanes of at least 4 members (excludes halogenated alkanes) is 8. The van der Waals surface area contributed by atoms with Gasteiger partial charge in [0.05, 0.1) is 0 Å². The fourth-order valence-electron chi connectivity index (χ4n) is 2.73. The van der Waals surface area contributed by atoms with E-state index >= 15 is 0 Å². The van der Waals surface area contributed by atoms with Crippen molar-refractivity contribution in [3.8, 4) is 0 Å². The Bertz CT molecular complexity index is 137. The Hall–Kier alpha value is 0. The smallest absolute Gasteiger partial charge is 0.0440 e. The third-order valence-corrected chi connectivity index (χ3v) is 3.67. The molecule has 0 spiro atoms. The van der Waals surface area contributed by atoms with Crippen LogP contribution < -0.4 is 0 Å². The Morgan fingerprint density at radius 3 is 1.59 bits per heavy atom. The number of hydrogen-bond donors (Lipinski definition) is 0. The average Bonchev–Trinajstić information content (AvgIpc) is 2.26. The first-order chi connectivity index (χ1) is 8.16. The van der Waals surface area contributed by atoms with Crippen molar-refractivity contribution in [1.29, 1.82) is 0 Å². The Kier molecular flexibility index (Phi) is 12.5. The van der Waals surface area contributed by atoms with E-state index in [1.165, 1.54) is 70.6 Å². The Balaban J connectivity index is 3.07.